The van der Waals surface area contributed by atoms with E-state index in [4.69, 9.17) is 14.6 Å². The summed E-state index contributed by atoms with van der Waals surface area (Å²) in [5, 5.41) is 9.10. The molecule has 1 aromatic carbocycles. The Hall–Kier alpha value is -3.29. The van der Waals surface area contributed by atoms with Crippen LogP contribution in [0.25, 0.3) is 11.3 Å². The monoisotopic (exact) mass is 395 g/mol. The molecule has 0 saturated heterocycles. The number of hydrogen-bond donors (Lipinski definition) is 0. The number of carbonyl (C=O) groups is 1. The van der Waals surface area contributed by atoms with Gasteiger partial charge in [-0.05, 0) is 43.7 Å². The van der Waals surface area contributed by atoms with Crippen LogP contribution in [0.1, 0.15) is 28.3 Å². The van der Waals surface area contributed by atoms with Crippen LogP contribution in [0.15, 0.2) is 30.3 Å². The number of carbonyl (C=O) groups excluding carboxylic acids is 1. The van der Waals surface area contributed by atoms with Gasteiger partial charge in [0.25, 0.3) is 5.91 Å². The number of benzene rings is 1. The fourth-order valence-electron chi connectivity index (χ4n) is 3.60. The number of nitrogens with zero attached hydrogens (tertiary/aromatic N) is 5. The largest absolute Gasteiger partial charge is 0.493 e. The van der Waals surface area contributed by atoms with Gasteiger partial charge in [0.2, 0.25) is 0 Å². The Morgan fingerprint density at radius 1 is 1.03 bits per heavy atom. The summed E-state index contributed by atoms with van der Waals surface area (Å²) >= 11 is 0. The van der Waals surface area contributed by atoms with Crippen molar-refractivity contribution in [1.29, 1.82) is 0 Å². The lowest BCUT2D eigenvalue weighted by molar-refractivity contribution is 0.0739. The maximum Gasteiger partial charge on any atom is 0.274 e. The topological polar surface area (TPSA) is 74.4 Å². The summed E-state index contributed by atoms with van der Waals surface area (Å²) in [6.45, 7) is 3.91. The summed E-state index contributed by atoms with van der Waals surface area (Å²) in [6, 6.07) is 9.62. The van der Waals surface area contributed by atoms with Crippen molar-refractivity contribution >= 4 is 5.91 Å². The van der Waals surface area contributed by atoms with Crippen LogP contribution in [-0.4, -0.2) is 51.1 Å². The molecule has 1 aliphatic rings. The van der Waals surface area contributed by atoms with E-state index in [2.05, 4.69) is 5.10 Å². The first kappa shape index (κ1) is 19.0. The molecular formula is C21H25N5O3. The molecule has 3 heterocycles. The van der Waals surface area contributed by atoms with Gasteiger partial charge in [-0.25, -0.2) is 0 Å². The second-order valence-corrected chi connectivity index (χ2v) is 7.19. The lowest BCUT2D eigenvalue weighted by Crippen LogP contribution is -2.31. The lowest BCUT2D eigenvalue weighted by Gasteiger charge is -2.18. The van der Waals surface area contributed by atoms with Crippen LogP contribution >= 0.6 is 0 Å². The predicted octanol–water partition coefficient (Wildman–Crippen LogP) is 2.66. The second-order valence-electron chi connectivity index (χ2n) is 7.19. The van der Waals surface area contributed by atoms with Crippen LogP contribution in [0.5, 0.6) is 11.5 Å². The van der Waals surface area contributed by atoms with E-state index < -0.39 is 0 Å². The molecule has 8 heteroatoms. The van der Waals surface area contributed by atoms with E-state index in [1.165, 1.54) is 0 Å². The molecule has 4 rings (SSSR count). The lowest BCUT2D eigenvalue weighted by atomic mass is 10.1. The van der Waals surface area contributed by atoms with Gasteiger partial charge >= 0.3 is 0 Å². The minimum atomic E-state index is -0.0454. The van der Waals surface area contributed by atoms with E-state index >= 15 is 0 Å². The van der Waals surface area contributed by atoms with Crippen molar-refractivity contribution in [3.63, 3.8) is 0 Å². The zero-order valence-electron chi connectivity index (χ0n) is 17.2. The molecule has 0 N–H and O–H groups in total. The Morgan fingerprint density at radius 3 is 2.52 bits per heavy atom. The van der Waals surface area contributed by atoms with Crippen molar-refractivity contribution in [1.82, 2.24) is 24.5 Å². The van der Waals surface area contributed by atoms with E-state index in [1.807, 2.05) is 53.9 Å². The zero-order chi connectivity index (χ0) is 20.5. The number of aryl methyl sites for hydroxylation is 3. The van der Waals surface area contributed by atoms with Crippen LogP contribution in [-0.2, 0) is 20.1 Å². The van der Waals surface area contributed by atoms with Gasteiger partial charge in [-0.15, -0.1) is 0 Å². The Labute approximate surface area is 169 Å². The van der Waals surface area contributed by atoms with E-state index in [0.29, 0.717) is 30.3 Å². The summed E-state index contributed by atoms with van der Waals surface area (Å²) in [6.07, 6.45) is 0.845. The molecule has 0 atom stereocenters. The van der Waals surface area contributed by atoms with Gasteiger partial charge in [0.1, 0.15) is 0 Å². The number of hydrogen-bond acceptors (Lipinski definition) is 5. The van der Waals surface area contributed by atoms with E-state index in [0.717, 1.165) is 35.6 Å². The molecule has 1 aliphatic heterocycles. The maximum atomic E-state index is 12.9. The molecule has 0 spiro atoms. The van der Waals surface area contributed by atoms with Crippen molar-refractivity contribution in [3.05, 3.63) is 47.4 Å². The molecule has 1 amide bonds. The quantitative estimate of drug-likeness (QED) is 0.679. The molecule has 0 aliphatic carbocycles. The summed E-state index contributed by atoms with van der Waals surface area (Å²) in [4.78, 5) is 14.8. The third-order valence-electron chi connectivity index (χ3n) is 5.31. The van der Waals surface area contributed by atoms with Gasteiger partial charge in [0.05, 0.1) is 32.2 Å². The predicted molar refractivity (Wildman–Crippen MR) is 108 cm³/mol. The van der Waals surface area contributed by atoms with Gasteiger partial charge in [-0.2, -0.15) is 10.2 Å². The van der Waals surface area contributed by atoms with Crippen molar-refractivity contribution in [2.24, 2.45) is 7.05 Å². The SMILES string of the molecule is COc1ccc(-c2cc3n(n2)CCCN(C(=O)c2cc(C)n(C)n2)C3)cc1OC. The van der Waals surface area contributed by atoms with Gasteiger partial charge in [0, 0.05) is 31.4 Å². The zero-order valence-corrected chi connectivity index (χ0v) is 17.2. The first-order chi connectivity index (χ1) is 14.0. The van der Waals surface area contributed by atoms with Crippen molar-refractivity contribution in [2.75, 3.05) is 20.8 Å². The first-order valence-corrected chi connectivity index (χ1v) is 9.59. The second kappa shape index (κ2) is 7.62. The molecule has 0 bridgehead atoms. The van der Waals surface area contributed by atoms with E-state index in [9.17, 15) is 4.79 Å². The standard InChI is InChI=1S/C21H25N5O3/c1-14-10-18(22-24(14)2)21(27)25-8-5-9-26-16(13-25)12-17(23-26)15-6-7-19(28-3)20(11-15)29-4/h6-7,10-12H,5,8-9,13H2,1-4H3. The highest BCUT2D eigenvalue weighted by Crippen LogP contribution is 2.32. The maximum absolute atomic E-state index is 12.9. The third-order valence-corrected chi connectivity index (χ3v) is 5.31. The Balaban J connectivity index is 1.60. The Morgan fingerprint density at radius 2 is 1.83 bits per heavy atom. The van der Waals surface area contributed by atoms with Crippen LogP contribution in [0, 0.1) is 6.92 Å². The number of amides is 1. The number of aromatic nitrogens is 4. The molecule has 152 valence electrons. The summed E-state index contributed by atoms with van der Waals surface area (Å²) in [7, 11) is 5.08. The third kappa shape index (κ3) is 3.57. The molecule has 2 aromatic heterocycles. The number of fused-ring (bicyclic) bond motifs is 1. The Kier molecular flexibility index (Phi) is 5.00. The average Bonchev–Trinajstić information content (AvgIpc) is 3.22. The van der Waals surface area contributed by atoms with E-state index in [-0.39, 0.29) is 5.91 Å². The van der Waals surface area contributed by atoms with Gasteiger partial charge < -0.3 is 14.4 Å². The average molecular weight is 395 g/mol. The minimum absolute atomic E-state index is 0.0454. The highest BCUT2D eigenvalue weighted by molar-refractivity contribution is 5.92. The highest BCUT2D eigenvalue weighted by atomic mass is 16.5. The van der Waals surface area contributed by atoms with Crippen molar-refractivity contribution < 1.29 is 14.3 Å². The number of methoxy groups -OCH3 is 2. The van der Waals surface area contributed by atoms with Gasteiger partial charge in [-0.3, -0.25) is 14.2 Å². The van der Waals surface area contributed by atoms with E-state index in [1.54, 1.807) is 18.9 Å². The molecule has 0 radical (unpaired) electrons. The molecule has 0 fully saturated rings. The first-order valence-electron chi connectivity index (χ1n) is 9.59. The van der Waals surface area contributed by atoms with Crippen molar-refractivity contribution in [2.45, 2.75) is 26.4 Å². The number of rotatable bonds is 4. The van der Waals surface area contributed by atoms with Crippen LogP contribution in [0.3, 0.4) is 0 Å². The normalized spacial score (nSPS) is 13.7. The summed E-state index contributed by atoms with van der Waals surface area (Å²) in [5.74, 6) is 1.30. The van der Waals surface area contributed by atoms with Gasteiger partial charge in [-0.1, -0.05) is 0 Å². The fourth-order valence-corrected chi connectivity index (χ4v) is 3.60. The number of ether oxygens (including phenoxy) is 2. The molecular weight excluding hydrogens is 370 g/mol. The van der Waals surface area contributed by atoms with Crippen LogP contribution < -0.4 is 9.47 Å². The fraction of sp³-hybridized carbons (Fsp3) is 0.381. The molecule has 0 saturated carbocycles. The summed E-state index contributed by atoms with van der Waals surface area (Å²) < 4.78 is 14.4. The molecule has 29 heavy (non-hydrogen) atoms. The molecule has 8 nitrogen and oxygen atoms in total. The smallest absolute Gasteiger partial charge is 0.274 e. The highest BCUT2D eigenvalue weighted by Gasteiger charge is 2.24. The summed E-state index contributed by atoms with van der Waals surface area (Å²) in [5.41, 5.74) is 4.25. The van der Waals surface area contributed by atoms with Crippen LogP contribution in [0.4, 0.5) is 0 Å². The van der Waals surface area contributed by atoms with Crippen molar-refractivity contribution in [3.8, 4) is 22.8 Å². The minimum Gasteiger partial charge on any atom is -0.493 e. The molecule has 3 aromatic rings. The van der Waals surface area contributed by atoms with Gasteiger partial charge in [0.15, 0.2) is 17.2 Å². The Bertz CT molecular complexity index is 1030. The molecule has 0 unspecified atom stereocenters. The van der Waals surface area contributed by atoms with Crippen LogP contribution in [0.2, 0.25) is 0 Å².